The van der Waals surface area contributed by atoms with Crippen molar-refractivity contribution in [3.8, 4) is 5.75 Å². The van der Waals surface area contributed by atoms with Gasteiger partial charge in [-0.25, -0.2) is 0 Å². The summed E-state index contributed by atoms with van der Waals surface area (Å²) < 4.78 is 5.83. The Labute approximate surface area is 130 Å². The summed E-state index contributed by atoms with van der Waals surface area (Å²) in [5.74, 6) is 0.667. The lowest BCUT2D eigenvalue weighted by Gasteiger charge is -2.35. The number of nitrogens with zero attached hydrogens (tertiary/aromatic N) is 1. The van der Waals surface area contributed by atoms with Gasteiger partial charge in [-0.15, -0.1) is 0 Å². The average Bonchev–Trinajstić information content (AvgIpc) is 2.56. The Morgan fingerprint density at radius 1 is 1.23 bits per heavy atom. The van der Waals surface area contributed by atoms with E-state index in [1.807, 2.05) is 36.4 Å². The smallest absolute Gasteiger partial charge is 0.262 e. The van der Waals surface area contributed by atoms with Crippen molar-refractivity contribution in [2.45, 2.75) is 19.6 Å². The molecule has 1 N–H and O–H groups in total. The van der Waals surface area contributed by atoms with Crippen molar-refractivity contribution in [3.05, 3.63) is 59.7 Å². The molecule has 22 heavy (non-hydrogen) atoms. The molecular weight excluding hydrogens is 276 g/mol. The molecule has 4 nitrogen and oxygen atoms in total. The van der Waals surface area contributed by atoms with Gasteiger partial charge in [0.1, 0.15) is 5.75 Å². The zero-order chi connectivity index (χ0) is 15.5. The van der Waals surface area contributed by atoms with Crippen molar-refractivity contribution in [2.75, 3.05) is 18.5 Å². The van der Waals surface area contributed by atoms with Crippen LogP contribution < -0.4 is 15.0 Å². The second kappa shape index (κ2) is 6.10. The monoisotopic (exact) mass is 296 g/mol. The number of carbonyl (C=O) groups excluding carboxylic acids is 1. The number of aryl methyl sites for hydroxylation is 1. The van der Waals surface area contributed by atoms with E-state index >= 15 is 0 Å². The number of likely N-dealkylation sites (N-methyl/N-ethyl adjacent to an activating group) is 1. The van der Waals surface area contributed by atoms with Gasteiger partial charge in [-0.3, -0.25) is 4.79 Å². The molecule has 0 saturated carbocycles. The molecule has 0 radical (unpaired) electrons. The number of carbonyl (C=O) groups is 1. The van der Waals surface area contributed by atoms with Crippen LogP contribution in [0.5, 0.6) is 5.75 Å². The van der Waals surface area contributed by atoms with E-state index in [9.17, 15) is 4.79 Å². The lowest BCUT2D eigenvalue weighted by molar-refractivity contribution is -0.127. The first-order valence-electron chi connectivity index (χ1n) is 7.46. The first-order valence-corrected chi connectivity index (χ1v) is 7.46. The topological polar surface area (TPSA) is 41.6 Å². The molecule has 2 aromatic carbocycles. The molecule has 1 aliphatic heterocycles. The Morgan fingerprint density at radius 3 is 2.73 bits per heavy atom. The van der Waals surface area contributed by atoms with Crippen LogP contribution in [0.4, 0.5) is 5.69 Å². The maximum Gasteiger partial charge on any atom is 0.262 e. The molecule has 1 aliphatic rings. The molecule has 1 atom stereocenters. The van der Waals surface area contributed by atoms with Crippen LogP contribution in [0.25, 0.3) is 0 Å². The Bertz CT molecular complexity index is 684. The van der Waals surface area contributed by atoms with Gasteiger partial charge < -0.3 is 15.0 Å². The minimum atomic E-state index is -0.482. The van der Waals surface area contributed by atoms with Gasteiger partial charge in [0.05, 0.1) is 12.2 Å². The summed E-state index contributed by atoms with van der Waals surface area (Å²) in [6, 6.07) is 16.2. The molecule has 1 amide bonds. The second-order valence-corrected chi connectivity index (χ2v) is 5.50. The zero-order valence-corrected chi connectivity index (χ0v) is 12.9. The van der Waals surface area contributed by atoms with Crippen molar-refractivity contribution >= 4 is 11.6 Å². The van der Waals surface area contributed by atoms with E-state index in [0.29, 0.717) is 6.54 Å². The number of fused-ring (bicyclic) bond motifs is 1. The van der Waals surface area contributed by atoms with Crippen molar-refractivity contribution < 1.29 is 9.53 Å². The summed E-state index contributed by atoms with van der Waals surface area (Å²) in [5, 5.41) is 2.67. The summed E-state index contributed by atoms with van der Waals surface area (Å²) >= 11 is 0. The van der Waals surface area contributed by atoms with Gasteiger partial charge in [-0.1, -0.05) is 36.4 Å². The maximum absolute atomic E-state index is 12.0. The van der Waals surface area contributed by atoms with Crippen molar-refractivity contribution in [3.63, 3.8) is 0 Å². The molecule has 4 heteroatoms. The number of rotatable bonds is 3. The number of nitrogens with one attached hydrogen (secondary N) is 1. The Kier molecular flexibility index (Phi) is 4.00. The Balaban J connectivity index is 1.92. The van der Waals surface area contributed by atoms with Gasteiger partial charge in [0.15, 0.2) is 6.10 Å². The maximum atomic E-state index is 12.0. The summed E-state index contributed by atoms with van der Waals surface area (Å²) in [4.78, 5) is 14.2. The average molecular weight is 296 g/mol. The predicted molar refractivity (Wildman–Crippen MR) is 87.2 cm³/mol. The number of para-hydroxylation sites is 2. The third kappa shape index (κ3) is 2.77. The largest absolute Gasteiger partial charge is 0.477 e. The van der Waals surface area contributed by atoms with Crippen LogP contribution in [-0.4, -0.2) is 25.6 Å². The molecule has 0 aromatic heterocycles. The highest BCUT2D eigenvalue weighted by Crippen LogP contribution is 2.34. The van der Waals surface area contributed by atoms with Gasteiger partial charge in [-0.2, -0.15) is 0 Å². The SMILES string of the molecule is CNC(=O)[C@@H]1CN(Cc2ccccc2C)c2ccccc2O1. The first kappa shape index (κ1) is 14.4. The van der Waals surface area contributed by atoms with E-state index in [2.05, 4.69) is 29.3 Å². The van der Waals surface area contributed by atoms with Crippen LogP contribution in [0.15, 0.2) is 48.5 Å². The molecule has 2 aromatic rings. The quantitative estimate of drug-likeness (QED) is 0.946. The summed E-state index contributed by atoms with van der Waals surface area (Å²) in [6.07, 6.45) is -0.482. The molecule has 0 spiro atoms. The standard InChI is InChI=1S/C18H20N2O2/c1-13-7-3-4-8-14(13)11-20-12-17(18(21)19-2)22-16-10-6-5-9-15(16)20/h3-10,17H,11-12H2,1-2H3,(H,19,21)/t17-/m0/s1. The molecule has 1 heterocycles. The zero-order valence-electron chi connectivity index (χ0n) is 12.9. The van der Waals surface area contributed by atoms with Gasteiger partial charge in [0.25, 0.3) is 5.91 Å². The third-order valence-corrected chi connectivity index (χ3v) is 4.02. The van der Waals surface area contributed by atoms with Crippen LogP contribution in [-0.2, 0) is 11.3 Å². The molecule has 3 rings (SSSR count). The van der Waals surface area contributed by atoms with Gasteiger partial charge in [0.2, 0.25) is 0 Å². The van der Waals surface area contributed by atoms with Crippen molar-refractivity contribution in [2.24, 2.45) is 0 Å². The number of hydrogen-bond acceptors (Lipinski definition) is 3. The van der Waals surface area contributed by atoms with E-state index in [0.717, 1.165) is 18.0 Å². The molecule has 114 valence electrons. The normalized spacial score (nSPS) is 16.6. The molecule has 0 fully saturated rings. The number of ether oxygens (including phenoxy) is 1. The number of amides is 1. The third-order valence-electron chi connectivity index (χ3n) is 4.02. The highest BCUT2D eigenvalue weighted by molar-refractivity contribution is 5.83. The van der Waals surface area contributed by atoms with Gasteiger partial charge >= 0.3 is 0 Å². The highest BCUT2D eigenvalue weighted by Gasteiger charge is 2.30. The highest BCUT2D eigenvalue weighted by atomic mass is 16.5. The van der Waals surface area contributed by atoms with Crippen LogP contribution >= 0.6 is 0 Å². The predicted octanol–water partition coefficient (Wildman–Crippen LogP) is 2.51. The van der Waals surface area contributed by atoms with Crippen LogP contribution in [0.3, 0.4) is 0 Å². The van der Waals surface area contributed by atoms with E-state index in [1.165, 1.54) is 11.1 Å². The summed E-state index contributed by atoms with van der Waals surface area (Å²) in [7, 11) is 1.64. The number of benzene rings is 2. The molecule has 0 bridgehead atoms. The molecule has 0 aliphatic carbocycles. The second-order valence-electron chi connectivity index (χ2n) is 5.50. The fourth-order valence-corrected chi connectivity index (χ4v) is 2.75. The molecule has 0 unspecified atom stereocenters. The Hall–Kier alpha value is -2.49. The Morgan fingerprint density at radius 2 is 1.95 bits per heavy atom. The fraction of sp³-hybridized carbons (Fsp3) is 0.278. The van der Waals surface area contributed by atoms with Crippen molar-refractivity contribution in [1.29, 1.82) is 0 Å². The minimum Gasteiger partial charge on any atom is -0.477 e. The van der Waals surface area contributed by atoms with Crippen molar-refractivity contribution in [1.82, 2.24) is 5.32 Å². The van der Waals surface area contributed by atoms with Crippen LogP contribution in [0.1, 0.15) is 11.1 Å². The lowest BCUT2D eigenvalue weighted by atomic mass is 10.1. The molecule has 0 saturated heterocycles. The number of hydrogen-bond donors (Lipinski definition) is 1. The van der Waals surface area contributed by atoms with Gasteiger partial charge in [0, 0.05) is 13.6 Å². The fourth-order valence-electron chi connectivity index (χ4n) is 2.75. The van der Waals surface area contributed by atoms with E-state index < -0.39 is 6.10 Å². The minimum absolute atomic E-state index is 0.0933. The summed E-state index contributed by atoms with van der Waals surface area (Å²) in [5.41, 5.74) is 3.55. The number of anilines is 1. The van der Waals surface area contributed by atoms with E-state index in [-0.39, 0.29) is 5.91 Å². The lowest BCUT2D eigenvalue weighted by Crippen LogP contribution is -2.48. The molecular formula is C18H20N2O2. The van der Waals surface area contributed by atoms with E-state index in [4.69, 9.17) is 4.74 Å². The first-order chi connectivity index (χ1) is 10.7. The van der Waals surface area contributed by atoms with E-state index in [1.54, 1.807) is 7.05 Å². The van der Waals surface area contributed by atoms with Crippen LogP contribution in [0, 0.1) is 6.92 Å². The summed E-state index contributed by atoms with van der Waals surface area (Å²) in [6.45, 7) is 3.42. The van der Waals surface area contributed by atoms with Gasteiger partial charge in [-0.05, 0) is 30.2 Å². The van der Waals surface area contributed by atoms with Crippen LogP contribution in [0.2, 0.25) is 0 Å².